The van der Waals surface area contributed by atoms with E-state index in [2.05, 4.69) is 34.1 Å². The van der Waals surface area contributed by atoms with Crippen LogP contribution in [0.5, 0.6) is 5.75 Å². The maximum Gasteiger partial charge on any atom is 0.262 e. The van der Waals surface area contributed by atoms with Gasteiger partial charge in [-0.2, -0.15) is 0 Å². The Morgan fingerprint density at radius 3 is 2.47 bits per heavy atom. The fraction of sp³-hybridized carbons (Fsp3) is 0.583. The van der Waals surface area contributed by atoms with Crippen LogP contribution in [0.4, 0.5) is 0 Å². The third-order valence-electron chi connectivity index (χ3n) is 7.57. The van der Waals surface area contributed by atoms with Gasteiger partial charge in [-0.3, -0.25) is 39.2 Å². The van der Waals surface area contributed by atoms with E-state index in [1.165, 1.54) is 0 Å². The van der Waals surface area contributed by atoms with E-state index in [-0.39, 0.29) is 35.9 Å². The predicted octanol–water partition coefficient (Wildman–Crippen LogP) is -0.213. The Kier molecular flexibility index (Phi) is 6.13. The predicted molar refractivity (Wildman–Crippen MR) is 123 cm³/mol. The number of carbonyl (C=O) groups is 4. The van der Waals surface area contributed by atoms with Crippen LogP contribution < -0.4 is 10.1 Å². The number of hydrogen-bond acceptors (Lipinski definition) is 8. The number of rotatable bonds is 5. The molecule has 1 aromatic carbocycles. The smallest absolute Gasteiger partial charge is 0.262 e. The quantitative estimate of drug-likeness (QED) is 0.591. The molecule has 4 aliphatic rings. The van der Waals surface area contributed by atoms with Crippen LogP contribution in [0, 0.1) is 0 Å². The normalized spacial score (nSPS) is 29.0. The standard InChI is InChI=1S/C24H31N5O5/c1-26-7-9-28(10-8-26)15-11-16(27(2)13-15)14-34-17-3-4-18-19(12-17)24(33)29(23(18)32)20-5-6-21(30)25-22(20)31/h3-4,12,15-16,20H,5-11,13-14H2,1-2H3,(H,25,30,31)/t15-,16+,20?/m1/s1. The number of likely N-dealkylation sites (tertiary alicyclic amines) is 1. The lowest BCUT2D eigenvalue weighted by atomic mass is 10.0. The summed E-state index contributed by atoms with van der Waals surface area (Å²) in [6, 6.07) is 4.71. The summed E-state index contributed by atoms with van der Waals surface area (Å²) < 4.78 is 6.06. The average molecular weight is 470 g/mol. The maximum absolute atomic E-state index is 13.0. The summed E-state index contributed by atoms with van der Waals surface area (Å²) in [7, 11) is 4.28. The van der Waals surface area contributed by atoms with Crippen molar-refractivity contribution >= 4 is 23.6 Å². The van der Waals surface area contributed by atoms with Crippen LogP contribution in [0.1, 0.15) is 40.0 Å². The van der Waals surface area contributed by atoms with Crippen molar-refractivity contribution in [2.24, 2.45) is 0 Å². The zero-order valence-corrected chi connectivity index (χ0v) is 19.7. The van der Waals surface area contributed by atoms with Gasteiger partial charge in [0.2, 0.25) is 11.8 Å². The molecule has 5 rings (SSSR count). The van der Waals surface area contributed by atoms with E-state index in [1.807, 2.05) is 0 Å². The second kappa shape index (κ2) is 9.09. The Bertz CT molecular complexity index is 1020. The lowest BCUT2D eigenvalue weighted by Crippen LogP contribution is -2.54. The number of hydrogen-bond donors (Lipinski definition) is 1. The summed E-state index contributed by atoms with van der Waals surface area (Å²) in [5, 5.41) is 2.21. The summed E-state index contributed by atoms with van der Waals surface area (Å²) >= 11 is 0. The van der Waals surface area contributed by atoms with Crippen LogP contribution in [-0.2, 0) is 9.59 Å². The number of nitrogens with one attached hydrogen (secondary N) is 1. The Morgan fingerprint density at radius 2 is 1.74 bits per heavy atom. The Labute approximate surface area is 198 Å². The minimum atomic E-state index is -0.965. The van der Waals surface area contributed by atoms with Crippen molar-refractivity contribution in [2.45, 2.75) is 37.4 Å². The number of piperidine rings is 1. The summed E-state index contributed by atoms with van der Waals surface area (Å²) in [6.07, 6.45) is 1.27. The molecule has 0 bridgehead atoms. The van der Waals surface area contributed by atoms with E-state index in [4.69, 9.17) is 4.74 Å². The highest BCUT2D eigenvalue weighted by molar-refractivity contribution is 6.23. The summed E-state index contributed by atoms with van der Waals surface area (Å²) in [5.74, 6) is -1.50. The summed E-state index contributed by atoms with van der Waals surface area (Å²) in [6.45, 7) is 5.88. The van der Waals surface area contributed by atoms with Gasteiger partial charge >= 0.3 is 0 Å². The molecule has 0 saturated carbocycles. The van der Waals surface area contributed by atoms with Crippen LogP contribution in [0.3, 0.4) is 0 Å². The molecule has 1 aromatic rings. The molecule has 0 aromatic heterocycles. The molecule has 1 N–H and O–H groups in total. The van der Waals surface area contributed by atoms with Gasteiger partial charge in [-0.05, 0) is 45.1 Å². The van der Waals surface area contributed by atoms with Crippen LogP contribution in [0.25, 0.3) is 0 Å². The minimum Gasteiger partial charge on any atom is -0.492 e. The molecule has 1 unspecified atom stereocenters. The van der Waals surface area contributed by atoms with E-state index in [9.17, 15) is 19.2 Å². The molecule has 4 amide bonds. The largest absolute Gasteiger partial charge is 0.492 e. The Balaban J connectivity index is 1.22. The van der Waals surface area contributed by atoms with Crippen LogP contribution in [0.2, 0.25) is 0 Å². The van der Waals surface area contributed by atoms with E-state index in [1.54, 1.807) is 18.2 Å². The molecule has 4 aliphatic heterocycles. The first-order valence-electron chi connectivity index (χ1n) is 11.9. The van der Waals surface area contributed by atoms with Crippen LogP contribution >= 0.6 is 0 Å². The van der Waals surface area contributed by atoms with Gasteiger partial charge in [0, 0.05) is 51.2 Å². The van der Waals surface area contributed by atoms with Gasteiger partial charge in [0.05, 0.1) is 11.1 Å². The molecular weight excluding hydrogens is 438 g/mol. The van der Waals surface area contributed by atoms with Gasteiger partial charge < -0.3 is 9.64 Å². The van der Waals surface area contributed by atoms with Crippen LogP contribution in [-0.4, -0.2) is 115 Å². The first-order valence-corrected chi connectivity index (χ1v) is 11.9. The molecule has 4 heterocycles. The van der Waals surface area contributed by atoms with Crippen molar-refractivity contribution in [1.29, 1.82) is 0 Å². The number of piperazine rings is 1. The lowest BCUT2D eigenvalue weighted by molar-refractivity contribution is -0.136. The number of nitrogens with zero attached hydrogens (tertiary/aromatic N) is 4. The van der Waals surface area contributed by atoms with E-state index in [0.29, 0.717) is 18.4 Å². The van der Waals surface area contributed by atoms with Crippen molar-refractivity contribution in [1.82, 2.24) is 24.9 Å². The highest BCUT2D eigenvalue weighted by atomic mass is 16.5. The first kappa shape index (κ1) is 22.9. The molecule has 10 heteroatoms. The second-order valence-corrected chi connectivity index (χ2v) is 9.79. The van der Waals surface area contributed by atoms with Crippen molar-refractivity contribution in [3.63, 3.8) is 0 Å². The van der Waals surface area contributed by atoms with E-state index in [0.717, 1.165) is 44.0 Å². The monoisotopic (exact) mass is 469 g/mol. The van der Waals surface area contributed by atoms with Gasteiger partial charge in [-0.15, -0.1) is 0 Å². The van der Waals surface area contributed by atoms with Crippen molar-refractivity contribution in [3.8, 4) is 5.75 Å². The maximum atomic E-state index is 13.0. The van der Waals surface area contributed by atoms with Crippen molar-refractivity contribution in [3.05, 3.63) is 29.3 Å². The van der Waals surface area contributed by atoms with Gasteiger partial charge in [-0.1, -0.05) is 0 Å². The zero-order valence-electron chi connectivity index (χ0n) is 19.7. The summed E-state index contributed by atoms with van der Waals surface area (Å²) in [4.78, 5) is 57.8. The number of imide groups is 2. The number of fused-ring (bicyclic) bond motifs is 1. The highest BCUT2D eigenvalue weighted by Gasteiger charge is 2.44. The number of carbonyl (C=O) groups excluding carboxylic acids is 4. The molecule has 0 aliphatic carbocycles. The summed E-state index contributed by atoms with van der Waals surface area (Å²) in [5.41, 5.74) is 0.498. The zero-order chi connectivity index (χ0) is 24.0. The molecule has 3 saturated heterocycles. The Hall–Kier alpha value is -2.82. The molecular formula is C24H31N5O5. The third kappa shape index (κ3) is 4.21. The number of likely N-dealkylation sites (N-methyl/N-ethyl adjacent to an activating group) is 2. The van der Waals surface area contributed by atoms with E-state index < -0.39 is 23.8 Å². The van der Waals surface area contributed by atoms with Gasteiger partial charge in [0.25, 0.3) is 11.8 Å². The SMILES string of the molecule is CN1CCN([C@@H]2C[C@@H](COc3ccc4c(c3)C(=O)N(C3CCC(=O)NC3=O)C4=O)N(C)C2)CC1. The Morgan fingerprint density at radius 1 is 1.00 bits per heavy atom. The van der Waals surface area contributed by atoms with Crippen molar-refractivity contribution < 1.29 is 23.9 Å². The van der Waals surface area contributed by atoms with Gasteiger partial charge in [-0.25, -0.2) is 0 Å². The number of amides is 4. The molecule has 3 fully saturated rings. The number of benzene rings is 1. The third-order valence-corrected chi connectivity index (χ3v) is 7.57. The lowest BCUT2D eigenvalue weighted by Gasteiger charge is -2.36. The second-order valence-electron chi connectivity index (χ2n) is 9.79. The molecule has 34 heavy (non-hydrogen) atoms. The first-order chi connectivity index (χ1) is 16.3. The molecule has 3 atom stereocenters. The molecule has 182 valence electrons. The average Bonchev–Trinajstić information content (AvgIpc) is 3.30. The van der Waals surface area contributed by atoms with Crippen LogP contribution in [0.15, 0.2) is 18.2 Å². The minimum absolute atomic E-state index is 0.0994. The molecule has 0 spiro atoms. The number of ether oxygens (including phenoxy) is 1. The van der Waals surface area contributed by atoms with Gasteiger partial charge in [0.15, 0.2) is 0 Å². The van der Waals surface area contributed by atoms with Crippen molar-refractivity contribution in [2.75, 3.05) is 53.4 Å². The topological polar surface area (TPSA) is 102 Å². The molecule has 0 radical (unpaired) electrons. The van der Waals surface area contributed by atoms with Gasteiger partial charge in [0.1, 0.15) is 18.4 Å². The van der Waals surface area contributed by atoms with E-state index >= 15 is 0 Å². The fourth-order valence-electron chi connectivity index (χ4n) is 5.43. The fourth-order valence-corrected chi connectivity index (χ4v) is 5.43. The molecule has 10 nitrogen and oxygen atoms in total. The highest BCUT2D eigenvalue weighted by Crippen LogP contribution is 2.31.